The summed E-state index contributed by atoms with van der Waals surface area (Å²) in [5.41, 5.74) is 6.39. The molecule has 2 aromatic rings. The van der Waals surface area contributed by atoms with Crippen molar-refractivity contribution >= 4 is 17.3 Å². The van der Waals surface area contributed by atoms with Crippen LogP contribution >= 0.6 is 11.6 Å². The molecule has 1 aromatic carbocycles. The maximum absolute atomic E-state index is 6.07. The number of pyridine rings is 1. The molecule has 0 N–H and O–H groups in total. The number of anilines is 1. The highest BCUT2D eigenvalue weighted by molar-refractivity contribution is 6.17. The van der Waals surface area contributed by atoms with Crippen LogP contribution in [-0.2, 0) is 18.7 Å². The first-order valence-corrected chi connectivity index (χ1v) is 7.64. The summed E-state index contributed by atoms with van der Waals surface area (Å²) < 4.78 is 0. The van der Waals surface area contributed by atoms with Gasteiger partial charge in [0.25, 0.3) is 0 Å². The van der Waals surface area contributed by atoms with E-state index in [-0.39, 0.29) is 0 Å². The summed E-state index contributed by atoms with van der Waals surface area (Å²) in [6.45, 7) is 4.13. The zero-order valence-electron chi connectivity index (χ0n) is 11.8. The molecule has 0 bridgehead atoms. The van der Waals surface area contributed by atoms with Gasteiger partial charge in [-0.3, -0.25) is 4.98 Å². The molecule has 0 radical (unpaired) electrons. The lowest BCUT2D eigenvalue weighted by Crippen LogP contribution is -2.27. The van der Waals surface area contributed by atoms with Crippen LogP contribution in [0.3, 0.4) is 0 Å². The fraction of sp³-hybridized carbons (Fsp3) is 0.353. The molecule has 1 aromatic heterocycles. The van der Waals surface area contributed by atoms with Crippen LogP contribution in [0.4, 0.5) is 5.69 Å². The van der Waals surface area contributed by atoms with E-state index in [1.807, 2.05) is 13.1 Å². The average Bonchev–Trinajstić information content (AvgIpc) is 2.70. The van der Waals surface area contributed by atoms with Crippen molar-refractivity contribution in [2.24, 2.45) is 0 Å². The molecule has 3 rings (SSSR count). The first kappa shape index (κ1) is 13.4. The number of hydrogen-bond acceptors (Lipinski definition) is 2. The van der Waals surface area contributed by atoms with E-state index in [9.17, 15) is 0 Å². The van der Waals surface area contributed by atoms with E-state index in [1.54, 1.807) is 0 Å². The van der Waals surface area contributed by atoms with Crippen molar-refractivity contribution in [3.05, 3.63) is 58.9 Å². The molecule has 0 spiro atoms. The molecule has 1 aliphatic rings. The zero-order valence-corrected chi connectivity index (χ0v) is 12.5. The summed E-state index contributed by atoms with van der Waals surface area (Å²) in [5, 5.41) is 0. The van der Waals surface area contributed by atoms with E-state index in [0.29, 0.717) is 5.88 Å². The van der Waals surface area contributed by atoms with Gasteiger partial charge in [-0.15, -0.1) is 11.6 Å². The average molecular weight is 287 g/mol. The van der Waals surface area contributed by atoms with Gasteiger partial charge in [-0.1, -0.05) is 24.3 Å². The number of hydrogen-bond donors (Lipinski definition) is 0. The molecule has 0 fully saturated rings. The third-order valence-corrected chi connectivity index (χ3v) is 4.29. The summed E-state index contributed by atoms with van der Waals surface area (Å²) >= 11 is 6.07. The van der Waals surface area contributed by atoms with Crippen molar-refractivity contribution in [1.29, 1.82) is 0 Å². The lowest BCUT2D eigenvalue weighted by Gasteiger charge is -2.25. The normalized spacial score (nSPS) is 14.8. The minimum Gasteiger partial charge on any atom is -0.371 e. The molecule has 2 heterocycles. The number of halogens is 1. The maximum atomic E-state index is 6.07. The van der Waals surface area contributed by atoms with Crippen LogP contribution in [0.5, 0.6) is 0 Å². The molecule has 0 saturated heterocycles. The van der Waals surface area contributed by atoms with Gasteiger partial charge in [-0.2, -0.15) is 0 Å². The van der Waals surface area contributed by atoms with Crippen LogP contribution in [0.2, 0.25) is 0 Å². The highest BCUT2D eigenvalue weighted by atomic mass is 35.5. The molecule has 1 aliphatic heterocycles. The molecule has 0 saturated carbocycles. The van der Waals surface area contributed by atoms with Gasteiger partial charge < -0.3 is 4.90 Å². The Morgan fingerprint density at radius 2 is 1.80 bits per heavy atom. The van der Waals surface area contributed by atoms with Gasteiger partial charge in [0.2, 0.25) is 0 Å². The summed E-state index contributed by atoms with van der Waals surface area (Å²) in [6.07, 6.45) is 4.11. The summed E-state index contributed by atoms with van der Waals surface area (Å²) in [5.74, 6) is 0.520. The Balaban J connectivity index is 1.88. The van der Waals surface area contributed by atoms with Crippen molar-refractivity contribution in [1.82, 2.24) is 4.98 Å². The van der Waals surface area contributed by atoms with Crippen LogP contribution in [0.1, 0.15) is 22.4 Å². The topological polar surface area (TPSA) is 16.1 Å². The van der Waals surface area contributed by atoms with Crippen LogP contribution in [-0.4, -0.2) is 18.1 Å². The Morgan fingerprint density at radius 3 is 2.40 bits per heavy atom. The van der Waals surface area contributed by atoms with Crippen molar-refractivity contribution in [3.8, 4) is 0 Å². The van der Waals surface area contributed by atoms with Crippen LogP contribution in [0, 0.1) is 6.92 Å². The number of nitrogens with zero attached hydrogens (tertiary/aromatic N) is 2. The van der Waals surface area contributed by atoms with Crippen molar-refractivity contribution in [2.75, 3.05) is 18.0 Å². The van der Waals surface area contributed by atoms with Gasteiger partial charge in [0.05, 0.1) is 5.88 Å². The van der Waals surface area contributed by atoms with E-state index >= 15 is 0 Å². The molecular weight excluding hydrogens is 268 g/mol. The first-order chi connectivity index (χ1) is 9.78. The quantitative estimate of drug-likeness (QED) is 0.782. The molecule has 0 amide bonds. The molecule has 3 heteroatoms. The van der Waals surface area contributed by atoms with Crippen LogP contribution in [0.15, 0.2) is 36.5 Å². The van der Waals surface area contributed by atoms with Crippen LogP contribution in [0.25, 0.3) is 0 Å². The Kier molecular flexibility index (Phi) is 3.93. The second-order valence-electron chi connectivity index (χ2n) is 5.34. The second-order valence-corrected chi connectivity index (χ2v) is 5.61. The number of benzene rings is 1. The van der Waals surface area contributed by atoms with E-state index in [0.717, 1.165) is 37.2 Å². The summed E-state index contributed by atoms with van der Waals surface area (Å²) in [7, 11) is 0. The molecule has 0 unspecified atom stereocenters. The third kappa shape index (κ3) is 2.66. The van der Waals surface area contributed by atoms with E-state index in [4.69, 9.17) is 11.6 Å². The predicted octanol–water partition coefficient (Wildman–Crippen LogP) is 3.73. The fourth-order valence-electron chi connectivity index (χ4n) is 2.88. The maximum Gasteiger partial charge on any atom is 0.0509 e. The summed E-state index contributed by atoms with van der Waals surface area (Å²) in [4.78, 5) is 6.81. The second kappa shape index (κ2) is 5.84. The Hall–Kier alpha value is -1.54. The number of fused-ring (bicyclic) bond motifs is 1. The Labute approximate surface area is 125 Å². The molecular formula is C17H19ClN2. The monoisotopic (exact) mass is 286 g/mol. The van der Waals surface area contributed by atoms with Crippen LogP contribution < -0.4 is 4.90 Å². The molecule has 20 heavy (non-hydrogen) atoms. The van der Waals surface area contributed by atoms with E-state index in [2.05, 4.69) is 40.2 Å². The van der Waals surface area contributed by atoms with Gasteiger partial charge in [0.1, 0.15) is 0 Å². The van der Waals surface area contributed by atoms with Gasteiger partial charge in [0, 0.05) is 36.2 Å². The minimum atomic E-state index is 0.520. The number of aryl methyl sites for hydroxylation is 1. The molecule has 0 aliphatic carbocycles. The molecule has 2 nitrogen and oxygen atoms in total. The van der Waals surface area contributed by atoms with Crippen molar-refractivity contribution in [2.45, 2.75) is 25.6 Å². The van der Waals surface area contributed by atoms with Crippen molar-refractivity contribution in [3.63, 3.8) is 0 Å². The summed E-state index contributed by atoms with van der Waals surface area (Å²) in [6, 6.07) is 10.9. The first-order valence-electron chi connectivity index (χ1n) is 7.11. The lowest BCUT2D eigenvalue weighted by atomic mass is 10.0. The highest BCUT2D eigenvalue weighted by Crippen LogP contribution is 2.25. The van der Waals surface area contributed by atoms with Gasteiger partial charge >= 0.3 is 0 Å². The lowest BCUT2D eigenvalue weighted by molar-refractivity contribution is 0.799. The van der Waals surface area contributed by atoms with Crippen molar-refractivity contribution < 1.29 is 0 Å². The predicted molar refractivity (Wildman–Crippen MR) is 84.6 cm³/mol. The molecule has 0 atom stereocenters. The Morgan fingerprint density at radius 1 is 1.15 bits per heavy atom. The number of aromatic nitrogens is 1. The number of alkyl halides is 1. The van der Waals surface area contributed by atoms with Gasteiger partial charge in [-0.05, 0) is 37.0 Å². The third-order valence-electron chi connectivity index (χ3n) is 4.00. The SMILES string of the molecule is Cc1cc(N2CCc3ccccc3CC2)c(CCl)cn1. The number of rotatable bonds is 2. The van der Waals surface area contributed by atoms with Gasteiger partial charge in [0.15, 0.2) is 0 Å². The smallest absolute Gasteiger partial charge is 0.0509 e. The Bertz CT molecular complexity index is 583. The zero-order chi connectivity index (χ0) is 13.9. The molecule has 104 valence electrons. The van der Waals surface area contributed by atoms with E-state index in [1.165, 1.54) is 16.8 Å². The highest BCUT2D eigenvalue weighted by Gasteiger charge is 2.16. The minimum absolute atomic E-state index is 0.520. The standard InChI is InChI=1S/C17H19ClN2/c1-13-10-17(16(11-18)12-19-13)20-8-6-14-4-2-3-5-15(14)7-9-20/h2-5,10,12H,6-9,11H2,1H3. The van der Waals surface area contributed by atoms with E-state index < -0.39 is 0 Å². The largest absolute Gasteiger partial charge is 0.371 e. The fourth-order valence-corrected chi connectivity index (χ4v) is 3.09. The van der Waals surface area contributed by atoms with Gasteiger partial charge in [-0.25, -0.2) is 0 Å².